The Bertz CT molecular complexity index is 1110. The van der Waals surface area contributed by atoms with Crippen molar-refractivity contribution >= 4 is 22.8 Å². The van der Waals surface area contributed by atoms with Gasteiger partial charge in [-0.25, -0.2) is 4.98 Å². The molecule has 132 valence electrons. The number of fused-ring (bicyclic) bond motifs is 1. The molecule has 0 radical (unpaired) electrons. The highest BCUT2D eigenvalue weighted by Crippen LogP contribution is 2.22. The van der Waals surface area contributed by atoms with Gasteiger partial charge in [0.1, 0.15) is 11.3 Å². The SMILES string of the molecule is Cc1ccc(NC(=O)c2cccc(Oc3ccc4nccnc4n3)c2)cc1. The van der Waals surface area contributed by atoms with Crippen LogP contribution in [0.1, 0.15) is 15.9 Å². The first-order valence-corrected chi connectivity index (χ1v) is 8.41. The van der Waals surface area contributed by atoms with Crippen LogP contribution in [-0.4, -0.2) is 20.9 Å². The molecule has 0 spiro atoms. The molecule has 4 aromatic rings. The van der Waals surface area contributed by atoms with E-state index >= 15 is 0 Å². The van der Waals surface area contributed by atoms with E-state index in [4.69, 9.17) is 4.74 Å². The molecule has 4 rings (SSSR count). The van der Waals surface area contributed by atoms with Gasteiger partial charge in [0.2, 0.25) is 5.88 Å². The summed E-state index contributed by atoms with van der Waals surface area (Å²) < 4.78 is 5.78. The number of carbonyl (C=O) groups is 1. The van der Waals surface area contributed by atoms with Crippen molar-refractivity contribution in [1.29, 1.82) is 0 Å². The Morgan fingerprint density at radius 2 is 1.78 bits per heavy atom. The number of aryl methyl sites for hydroxylation is 1. The minimum atomic E-state index is -0.207. The molecule has 0 saturated carbocycles. The van der Waals surface area contributed by atoms with Crippen molar-refractivity contribution in [2.45, 2.75) is 6.92 Å². The number of benzene rings is 2. The van der Waals surface area contributed by atoms with E-state index < -0.39 is 0 Å². The fraction of sp³-hybridized carbons (Fsp3) is 0.0476. The number of hydrogen-bond donors (Lipinski definition) is 1. The molecule has 0 unspecified atom stereocenters. The molecule has 0 saturated heterocycles. The van der Waals surface area contributed by atoms with Crippen LogP contribution in [0.3, 0.4) is 0 Å². The Labute approximate surface area is 155 Å². The number of nitrogens with one attached hydrogen (secondary N) is 1. The first kappa shape index (κ1) is 16.7. The fourth-order valence-electron chi connectivity index (χ4n) is 2.56. The van der Waals surface area contributed by atoms with Crippen molar-refractivity contribution in [3.05, 3.63) is 84.2 Å². The quantitative estimate of drug-likeness (QED) is 0.587. The molecule has 0 fully saturated rings. The Hall–Kier alpha value is -3.80. The van der Waals surface area contributed by atoms with Gasteiger partial charge in [0, 0.05) is 29.7 Å². The minimum absolute atomic E-state index is 0.207. The summed E-state index contributed by atoms with van der Waals surface area (Å²) in [5.41, 5.74) is 3.57. The van der Waals surface area contributed by atoms with Crippen molar-refractivity contribution < 1.29 is 9.53 Å². The number of ether oxygens (including phenoxy) is 1. The Morgan fingerprint density at radius 1 is 0.963 bits per heavy atom. The first-order chi connectivity index (χ1) is 13.2. The maximum atomic E-state index is 12.5. The lowest BCUT2D eigenvalue weighted by Gasteiger charge is -2.08. The number of nitrogens with zero attached hydrogens (tertiary/aromatic N) is 3. The number of hydrogen-bond acceptors (Lipinski definition) is 5. The number of rotatable bonds is 4. The van der Waals surface area contributed by atoms with Crippen molar-refractivity contribution in [2.75, 3.05) is 5.32 Å². The van der Waals surface area contributed by atoms with Gasteiger partial charge in [-0.05, 0) is 43.3 Å². The highest BCUT2D eigenvalue weighted by Gasteiger charge is 2.09. The number of anilines is 1. The number of pyridine rings is 1. The highest BCUT2D eigenvalue weighted by atomic mass is 16.5. The Balaban J connectivity index is 1.52. The molecule has 2 aromatic heterocycles. The summed E-state index contributed by atoms with van der Waals surface area (Å²) in [5, 5.41) is 2.87. The lowest BCUT2D eigenvalue weighted by Crippen LogP contribution is -2.11. The van der Waals surface area contributed by atoms with Crippen molar-refractivity contribution in [3.8, 4) is 11.6 Å². The Kier molecular flexibility index (Phi) is 4.45. The van der Waals surface area contributed by atoms with Crippen molar-refractivity contribution in [1.82, 2.24) is 15.0 Å². The molecule has 0 bridgehead atoms. The van der Waals surface area contributed by atoms with E-state index in [1.807, 2.05) is 31.2 Å². The molecule has 6 nitrogen and oxygen atoms in total. The van der Waals surface area contributed by atoms with Crippen LogP contribution >= 0.6 is 0 Å². The van der Waals surface area contributed by atoms with Crippen LogP contribution in [0.4, 0.5) is 5.69 Å². The summed E-state index contributed by atoms with van der Waals surface area (Å²) in [6, 6.07) is 18.1. The molecule has 27 heavy (non-hydrogen) atoms. The van der Waals surface area contributed by atoms with Crippen LogP contribution in [-0.2, 0) is 0 Å². The third-order valence-electron chi connectivity index (χ3n) is 3.93. The molecule has 0 aliphatic carbocycles. The van der Waals surface area contributed by atoms with Gasteiger partial charge in [0.25, 0.3) is 5.91 Å². The molecule has 2 aromatic carbocycles. The third-order valence-corrected chi connectivity index (χ3v) is 3.93. The molecule has 0 aliphatic rings. The molecular formula is C21H16N4O2. The second-order valence-electron chi connectivity index (χ2n) is 6.00. The van der Waals surface area contributed by atoms with Gasteiger partial charge < -0.3 is 10.1 Å². The zero-order valence-electron chi connectivity index (χ0n) is 14.6. The molecule has 2 heterocycles. The van der Waals surface area contributed by atoms with Gasteiger partial charge >= 0.3 is 0 Å². The topological polar surface area (TPSA) is 77.0 Å². The number of amides is 1. The summed E-state index contributed by atoms with van der Waals surface area (Å²) in [5.74, 6) is 0.697. The van der Waals surface area contributed by atoms with Crippen LogP contribution in [0.2, 0.25) is 0 Å². The van der Waals surface area contributed by atoms with Gasteiger partial charge in [-0.2, -0.15) is 4.98 Å². The molecule has 1 amide bonds. The molecule has 0 atom stereocenters. The predicted octanol–water partition coefficient (Wildman–Crippen LogP) is 4.38. The Morgan fingerprint density at radius 3 is 2.63 bits per heavy atom. The van der Waals surface area contributed by atoms with Gasteiger partial charge in [0.05, 0.1) is 0 Å². The van der Waals surface area contributed by atoms with Gasteiger partial charge in [-0.1, -0.05) is 23.8 Å². The van der Waals surface area contributed by atoms with Crippen LogP contribution in [0, 0.1) is 6.92 Å². The van der Waals surface area contributed by atoms with E-state index in [9.17, 15) is 4.79 Å². The van der Waals surface area contributed by atoms with Gasteiger partial charge in [0.15, 0.2) is 5.65 Å². The van der Waals surface area contributed by atoms with Crippen LogP contribution in [0.15, 0.2) is 73.1 Å². The van der Waals surface area contributed by atoms with Crippen molar-refractivity contribution in [3.63, 3.8) is 0 Å². The minimum Gasteiger partial charge on any atom is -0.439 e. The molecule has 0 aliphatic heterocycles. The highest BCUT2D eigenvalue weighted by molar-refractivity contribution is 6.04. The molecule has 6 heteroatoms. The second kappa shape index (κ2) is 7.21. The summed E-state index contributed by atoms with van der Waals surface area (Å²) in [6.45, 7) is 2.00. The second-order valence-corrected chi connectivity index (χ2v) is 6.00. The molecule has 1 N–H and O–H groups in total. The number of carbonyl (C=O) groups excluding carboxylic acids is 1. The van der Waals surface area contributed by atoms with E-state index in [1.165, 1.54) is 0 Å². The standard InChI is InChI=1S/C21H16N4O2/c1-14-5-7-16(8-6-14)24-21(26)15-3-2-4-17(13-15)27-19-10-9-18-20(25-19)23-12-11-22-18/h2-13H,1H3,(H,24,26). The lowest BCUT2D eigenvalue weighted by atomic mass is 10.2. The van der Waals surface area contributed by atoms with Gasteiger partial charge in [-0.3, -0.25) is 9.78 Å². The van der Waals surface area contributed by atoms with E-state index in [-0.39, 0.29) is 5.91 Å². The summed E-state index contributed by atoms with van der Waals surface area (Å²) in [7, 11) is 0. The summed E-state index contributed by atoms with van der Waals surface area (Å²) in [4.78, 5) is 25.1. The zero-order chi connectivity index (χ0) is 18.6. The van der Waals surface area contributed by atoms with E-state index in [1.54, 1.807) is 48.8 Å². The molecular weight excluding hydrogens is 340 g/mol. The maximum Gasteiger partial charge on any atom is 0.255 e. The largest absolute Gasteiger partial charge is 0.439 e. The average Bonchev–Trinajstić information content (AvgIpc) is 2.70. The zero-order valence-corrected chi connectivity index (χ0v) is 14.6. The summed E-state index contributed by atoms with van der Waals surface area (Å²) >= 11 is 0. The number of aromatic nitrogens is 3. The fourth-order valence-corrected chi connectivity index (χ4v) is 2.56. The van der Waals surface area contributed by atoms with E-state index in [2.05, 4.69) is 20.3 Å². The monoisotopic (exact) mass is 356 g/mol. The van der Waals surface area contributed by atoms with Crippen LogP contribution < -0.4 is 10.1 Å². The van der Waals surface area contributed by atoms with Crippen LogP contribution in [0.5, 0.6) is 11.6 Å². The van der Waals surface area contributed by atoms with Crippen molar-refractivity contribution in [2.24, 2.45) is 0 Å². The lowest BCUT2D eigenvalue weighted by molar-refractivity contribution is 0.102. The van der Waals surface area contributed by atoms with Gasteiger partial charge in [-0.15, -0.1) is 0 Å². The normalized spacial score (nSPS) is 10.6. The third kappa shape index (κ3) is 3.90. The van der Waals surface area contributed by atoms with E-state index in [0.717, 1.165) is 11.3 Å². The van der Waals surface area contributed by atoms with E-state index in [0.29, 0.717) is 28.4 Å². The summed E-state index contributed by atoms with van der Waals surface area (Å²) in [6.07, 6.45) is 3.19. The smallest absolute Gasteiger partial charge is 0.255 e. The first-order valence-electron chi connectivity index (χ1n) is 8.41. The average molecular weight is 356 g/mol. The predicted molar refractivity (Wildman–Crippen MR) is 103 cm³/mol. The maximum absolute atomic E-state index is 12.5. The van der Waals surface area contributed by atoms with Crippen LogP contribution in [0.25, 0.3) is 11.2 Å².